The number of hydrogen-bond donors (Lipinski definition) is 2. The van der Waals surface area contributed by atoms with E-state index < -0.39 is 0 Å². The lowest BCUT2D eigenvalue weighted by molar-refractivity contribution is 0.305. The minimum Gasteiger partial charge on any atom is -0.361 e. The normalized spacial score (nSPS) is 25.6. The van der Waals surface area contributed by atoms with Crippen LogP contribution in [0, 0.1) is 5.92 Å². The number of aromatic amines is 1. The van der Waals surface area contributed by atoms with Gasteiger partial charge < -0.3 is 15.2 Å². The van der Waals surface area contributed by atoms with Gasteiger partial charge in [-0.25, -0.2) is 0 Å². The Morgan fingerprint density at radius 2 is 2.12 bits per heavy atom. The van der Waals surface area contributed by atoms with Crippen molar-refractivity contribution in [3.05, 3.63) is 18.3 Å². The summed E-state index contributed by atoms with van der Waals surface area (Å²) in [5.41, 5.74) is 0. The van der Waals surface area contributed by atoms with Crippen molar-refractivity contribution in [3.63, 3.8) is 0 Å². The molecule has 16 heavy (non-hydrogen) atoms. The molecule has 1 heterocycles. The molecule has 1 aromatic heterocycles. The van der Waals surface area contributed by atoms with Gasteiger partial charge in [0.05, 0.1) is 0 Å². The van der Waals surface area contributed by atoms with Crippen molar-refractivity contribution in [2.24, 2.45) is 5.92 Å². The minimum atomic E-state index is 0.757. The van der Waals surface area contributed by atoms with E-state index in [1.165, 1.54) is 38.0 Å². The highest BCUT2D eigenvalue weighted by Gasteiger charge is 2.21. The highest BCUT2D eigenvalue weighted by Crippen LogP contribution is 2.25. The standard InChI is InChI=1S/C13H23N3/c1-14-12-7-5-11(6-8-12)10-16(2)13-4-3-9-15-13/h3-4,9,11-12,14-15H,5-8,10H2,1-2H3. The van der Waals surface area contributed by atoms with E-state index in [1.807, 2.05) is 6.20 Å². The zero-order chi connectivity index (χ0) is 11.4. The van der Waals surface area contributed by atoms with Crippen LogP contribution in [0.25, 0.3) is 0 Å². The van der Waals surface area contributed by atoms with Gasteiger partial charge in [0.15, 0.2) is 0 Å². The minimum absolute atomic E-state index is 0.757. The Morgan fingerprint density at radius 3 is 2.69 bits per heavy atom. The first kappa shape index (κ1) is 11.5. The highest BCUT2D eigenvalue weighted by atomic mass is 15.2. The van der Waals surface area contributed by atoms with Crippen LogP contribution in [0.3, 0.4) is 0 Å². The van der Waals surface area contributed by atoms with E-state index >= 15 is 0 Å². The van der Waals surface area contributed by atoms with Gasteiger partial charge in [-0.05, 0) is 50.8 Å². The van der Waals surface area contributed by atoms with Crippen LogP contribution in [0.5, 0.6) is 0 Å². The molecule has 3 heteroatoms. The monoisotopic (exact) mass is 221 g/mol. The van der Waals surface area contributed by atoms with Crippen LogP contribution >= 0.6 is 0 Å². The fraction of sp³-hybridized carbons (Fsp3) is 0.692. The average Bonchev–Trinajstić information content (AvgIpc) is 2.83. The zero-order valence-electron chi connectivity index (χ0n) is 10.4. The summed E-state index contributed by atoms with van der Waals surface area (Å²) in [4.78, 5) is 5.60. The van der Waals surface area contributed by atoms with Gasteiger partial charge in [-0.2, -0.15) is 0 Å². The number of anilines is 1. The molecule has 2 rings (SSSR count). The van der Waals surface area contributed by atoms with Crippen LogP contribution in [-0.4, -0.2) is 31.7 Å². The van der Waals surface area contributed by atoms with Crippen LogP contribution < -0.4 is 10.2 Å². The second kappa shape index (κ2) is 5.39. The van der Waals surface area contributed by atoms with Crippen LogP contribution in [0.15, 0.2) is 18.3 Å². The molecule has 1 aliphatic carbocycles. The average molecular weight is 221 g/mol. The zero-order valence-corrected chi connectivity index (χ0v) is 10.4. The fourth-order valence-electron chi connectivity index (χ4n) is 2.68. The quantitative estimate of drug-likeness (QED) is 0.817. The van der Waals surface area contributed by atoms with Gasteiger partial charge >= 0.3 is 0 Å². The molecule has 0 atom stereocenters. The smallest absolute Gasteiger partial charge is 0.105 e. The van der Waals surface area contributed by atoms with Crippen molar-refractivity contribution in [1.82, 2.24) is 10.3 Å². The summed E-state index contributed by atoms with van der Waals surface area (Å²) in [6.07, 6.45) is 7.37. The number of hydrogen-bond acceptors (Lipinski definition) is 2. The molecule has 0 aliphatic heterocycles. The third-order valence-corrected chi connectivity index (χ3v) is 3.78. The summed E-state index contributed by atoms with van der Waals surface area (Å²) < 4.78 is 0. The topological polar surface area (TPSA) is 31.1 Å². The maximum Gasteiger partial charge on any atom is 0.105 e. The molecule has 0 saturated heterocycles. The van der Waals surface area contributed by atoms with E-state index in [9.17, 15) is 0 Å². The molecule has 0 bridgehead atoms. The SMILES string of the molecule is CNC1CCC(CN(C)c2ccc[nH]2)CC1. The molecular weight excluding hydrogens is 198 g/mol. The lowest BCUT2D eigenvalue weighted by Gasteiger charge is -2.31. The first-order valence-electron chi connectivity index (χ1n) is 6.31. The Labute approximate surface area is 98.2 Å². The van der Waals surface area contributed by atoms with E-state index in [-0.39, 0.29) is 0 Å². The summed E-state index contributed by atoms with van der Waals surface area (Å²) in [5, 5.41) is 3.39. The molecule has 0 spiro atoms. The Kier molecular flexibility index (Phi) is 3.88. The summed E-state index contributed by atoms with van der Waals surface area (Å²) in [7, 11) is 4.26. The lowest BCUT2D eigenvalue weighted by Crippen LogP contribution is -2.34. The number of nitrogens with zero attached hydrogens (tertiary/aromatic N) is 1. The second-order valence-electron chi connectivity index (χ2n) is 4.94. The van der Waals surface area contributed by atoms with Crippen molar-refractivity contribution in [1.29, 1.82) is 0 Å². The Balaban J connectivity index is 1.78. The Bertz CT molecular complexity index is 286. The van der Waals surface area contributed by atoms with E-state index in [4.69, 9.17) is 0 Å². The predicted octanol–water partition coefficient (Wildman–Crippen LogP) is 2.23. The summed E-state index contributed by atoms with van der Waals surface area (Å²) in [6, 6.07) is 4.95. The van der Waals surface area contributed by atoms with E-state index in [2.05, 4.69) is 41.4 Å². The molecule has 1 fully saturated rings. The molecule has 0 unspecified atom stereocenters. The highest BCUT2D eigenvalue weighted by molar-refractivity contribution is 5.37. The van der Waals surface area contributed by atoms with Crippen molar-refractivity contribution >= 4 is 5.82 Å². The van der Waals surface area contributed by atoms with Gasteiger partial charge in [0.1, 0.15) is 5.82 Å². The first-order valence-corrected chi connectivity index (χ1v) is 6.31. The first-order chi connectivity index (χ1) is 7.79. The molecule has 0 aromatic carbocycles. The van der Waals surface area contributed by atoms with Gasteiger partial charge in [-0.3, -0.25) is 0 Å². The number of rotatable bonds is 4. The number of H-pyrrole nitrogens is 1. The van der Waals surface area contributed by atoms with Gasteiger partial charge in [0.2, 0.25) is 0 Å². The molecule has 3 nitrogen and oxygen atoms in total. The summed E-state index contributed by atoms with van der Waals surface area (Å²) in [5.74, 6) is 2.09. The maximum atomic E-state index is 3.39. The summed E-state index contributed by atoms with van der Waals surface area (Å²) in [6.45, 7) is 1.18. The molecule has 0 radical (unpaired) electrons. The van der Waals surface area contributed by atoms with Crippen LogP contribution in [0.4, 0.5) is 5.82 Å². The van der Waals surface area contributed by atoms with E-state index in [0.717, 1.165) is 12.0 Å². The molecule has 1 aromatic rings. The number of nitrogens with one attached hydrogen (secondary N) is 2. The van der Waals surface area contributed by atoms with Crippen molar-refractivity contribution in [2.75, 3.05) is 25.5 Å². The molecule has 2 N–H and O–H groups in total. The van der Waals surface area contributed by atoms with Gasteiger partial charge in [-0.1, -0.05) is 0 Å². The van der Waals surface area contributed by atoms with Crippen molar-refractivity contribution in [3.8, 4) is 0 Å². The Hall–Kier alpha value is -0.960. The van der Waals surface area contributed by atoms with Crippen molar-refractivity contribution in [2.45, 2.75) is 31.7 Å². The molecular formula is C13H23N3. The third-order valence-electron chi connectivity index (χ3n) is 3.78. The molecule has 0 amide bonds. The van der Waals surface area contributed by atoms with E-state index in [0.29, 0.717) is 0 Å². The van der Waals surface area contributed by atoms with Gasteiger partial charge in [-0.15, -0.1) is 0 Å². The fourth-order valence-corrected chi connectivity index (χ4v) is 2.68. The second-order valence-corrected chi connectivity index (χ2v) is 4.94. The molecule has 1 aliphatic rings. The maximum absolute atomic E-state index is 3.39. The van der Waals surface area contributed by atoms with Crippen LogP contribution in [0.1, 0.15) is 25.7 Å². The van der Waals surface area contributed by atoms with Crippen molar-refractivity contribution < 1.29 is 0 Å². The largest absolute Gasteiger partial charge is 0.361 e. The van der Waals surface area contributed by atoms with E-state index in [1.54, 1.807) is 0 Å². The van der Waals surface area contributed by atoms with Gasteiger partial charge in [0.25, 0.3) is 0 Å². The predicted molar refractivity (Wildman–Crippen MR) is 68.9 cm³/mol. The molecule has 90 valence electrons. The third kappa shape index (κ3) is 2.79. The molecule has 1 saturated carbocycles. The van der Waals surface area contributed by atoms with Crippen LogP contribution in [0.2, 0.25) is 0 Å². The number of aromatic nitrogens is 1. The Morgan fingerprint density at radius 1 is 1.38 bits per heavy atom. The lowest BCUT2D eigenvalue weighted by atomic mass is 9.86. The van der Waals surface area contributed by atoms with Gasteiger partial charge in [0, 0.05) is 25.8 Å². The summed E-state index contributed by atoms with van der Waals surface area (Å²) >= 11 is 0. The van der Waals surface area contributed by atoms with Crippen LogP contribution in [-0.2, 0) is 0 Å².